The molecule has 3 heteroatoms. The minimum atomic E-state index is -0.673. The summed E-state index contributed by atoms with van der Waals surface area (Å²) in [5.41, 5.74) is -1.05. The van der Waals surface area contributed by atoms with E-state index >= 15 is 0 Å². The number of nitriles is 1. The summed E-state index contributed by atoms with van der Waals surface area (Å²) in [6, 6.07) is 2.24. The second-order valence-electron chi connectivity index (χ2n) is 4.45. The number of ether oxygens (including phenoxy) is 1. The molecule has 0 saturated carbocycles. The molecule has 3 atom stereocenters. The van der Waals surface area contributed by atoms with Crippen molar-refractivity contribution in [2.24, 2.45) is 5.92 Å². The van der Waals surface area contributed by atoms with Crippen LogP contribution in [-0.4, -0.2) is 17.0 Å². The van der Waals surface area contributed by atoms with Gasteiger partial charge in [-0.1, -0.05) is 0 Å². The van der Waals surface area contributed by atoms with E-state index in [4.69, 9.17) is 10.00 Å². The average molecular weight is 179 g/mol. The van der Waals surface area contributed by atoms with Crippen molar-refractivity contribution in [3.8, 4) is 6.07 Å². The lowest BCUT2D eigenvalue weighted by Gasteiger charge is -2.35. The van der Waals surface area contributed by atoms with Crippen molar-refractivity contribution in [3.05, 3.63) is 0 Å². The molecule has 2 fully saturated rings. The predicted octanol–water partition coefficient (Wildman–Crippen LogP) is 1.43. The van der Waals surface area contributed by atoms with Gasteiger partial charge >= 0.3 is 0 Å². The van der Waals surface area contributed by atoms with Gasteiger partial charge in [0.1, 0.15) is 5.60 Å². The Morgan fingerprint density at radius 3 is 2.85 bits per heavy atom. The SMILES string of the molecule is C[C@]12CC(C#N)[C@](C)(CCC1=O)O2. The van der Waals surface area contributed by atoms with Crippen LogP contribution in [0.4, 0.5) is 0 Å². The quantitative estimate of drug-likeness (QED) is 0.565. The number of fused-ring (bicyclic) bond motifs is 2. The maximum Gasteiger partial charge on any atom is 0.164 e. The van der Waals surface area contributed by atoms with Crippen LogP contribution in [0.15, 0.2) is 0 Å². The Balaban J connectivity index is 2.37. The van der Waals surface area contributed by atoms with E-state index in [0.717, 1.165) is 0 Å². The summed E-state index contributed by atoms with van der Waals surface area (Å²) in [5.74, 6) is 0.0340. The highest BCUT2D eigenvalue weighted by Crippen LogP contribution is 2.49. The molecule has 2 rings (SSSR count). The summed E-state index contributed by atoms with van der Waals surface area (Å²) in [5, 5.41) is 8.94. The third-order valence-electron chi connectivity index (χ3n) is 3.38. The molecule has 0 aliphatic carbocycles. The molecule has 0 radical (unpaired) electrons. The summed E-state index contributed by atoms with van der Waals surface area (Å²) in [4.78, 5) is 11.5. The number of ketones is 1. The third-order valence-corrected chi connectivity index (χ3v) is 3.38. The van der Waals surface area contributed by atoms with Crippen LogP contribution in [0.2, 0.25) is 0 Å². The Bertz CT molecular complexity index is 307. The molecule has 70 valence electrons. The van der Waals surface area contributed by atoms with Crippen LogP contribution in [0.1, 0.15) is 33.1 Å². The smallest absolute Gasteiger partial charge is 0.164 e. The number of hydrogen-bond donors (Lipinski definition) is 0. The van der Waals surface area contributed by atoms with Crippen molar-refractivity contribution >= 4 is 5.78 Å². The van der Waals surface area contributed by atoms with E-state index in [9.17, 15) is 4.79 Å². The zero-order valence-corrected chi connectivity index (χ0v) is 7.96. The highest BCUT2D eigenvalue weighted by molar-refractivity contribution is 5.88. The Hall–Kier alpha value is -0.880. The molecule has 3 nitrogen and oxygen atoms in total. The summed E-state index contributed by atoms with van der Waals surface area (Å²) in [6.07, 6.45) is 1.82. The minimum Gasteiger partial charge on any atom is -0.360 e. The first-order valence-corrected chi connectivity index (χ1v) is 4.63. The second-order valence-corrected chi connectivity index (χ2v) is 4.45. The zero-order valence-electron chi connectivity index (χ0n) is 7.96. The Labute approximate surface area is 77.7 Å². The number of nitrogens with zero attached hydrogens (tertiary/aromatic N) is 1. The monoisotopic (exact) mass is 179 g/mol. The number of carbonyl (C=O) groups is 1. The number of carbonyl (C=O) groups excluding carboxylic acids is 1. The van der Waals surface area contributed by atoms with E-state index in [-0.39, 0.29) is 17.3 Å². The molecule has 1 unspecified atom stereocenters. The van der Waals surface area contributed by atoms with E-state index in [2.05, 4.69) is 6.07 Å². The first-order valence-electron chi connectivity index (χ1n) is 4.63. The van der Waals surface area contributed by atoms with Crippen molar-refractivity contribution < 1.29 is 9.53 Å². The maximum absolute atomic E-state index is 11.5. The molecule has 2 saturated heterocycles. The standard InChI is InChI=1S/C10H13NO2/c1-9-4-3-8(12)10(2,13-9)5-7(9)6-11/h7H,3-5H2,1-2H3/t7?,9-,10-/m0/s1. The van der Waals surface area contributed by atoms with E-state index in [1.165, 1.54) is 0 Å². The largest absolute Gasteiger partial charge is 0.360 e. The van der Waals surface area contributed by atoms with E-state index < -0.39 is 5.60 Å². The molecule has 0 amide bonds. The topological polar surface area (TPSA) is 50.1 Å². The van der Waals surface area contributed by atoms with Crippen LogP contribution in [0.3, 0.4) is 0 Å². The molecule has 0 aromatic carbocycles. The molecule has 0 N–H and O–H groups in total. The van der Waals surface area contributed by atoms with Crippen molar-refractivity contribution in [3.63, 3.8) is 0 Å². The molecule has 0 aromatic heterocycles. The van der Waals surface area contributed by atoms with Gasteiger partial charge in [0.2, 0.25) is 0 Å². The van der Waals surface area contributed by atoms with Gasteiger partial charge in [0.15, 0.2) is 5.78 Å². The van der Waals surface area contributed by atoms with Crippen LogP contribution < -0.4 is 0 Å². The van der Waals surface area contributed by atoms with Gasteiger partial charge in [-0.05, 0) is 20.3 Å². The molecular formula is C10H13NO2. The number of hydrogen-bond acceptors (Lipinski definition) is 3. The zero-order chi connectivity index (χ0) is 9.69. The predicted molar refractivity (Wildman–Crippen MR) is 45.9 cm³/mol. The van der Waals surface area contributed by atoms with Crippen molar-refractivity contribution in [1.29, 1.82) is 5.26 Å². The molecule has 2 heterocycles. The van der Waals surface area contributed by atoms with Crippen LogP contribution in [-0.2, 0) is 9.53 Å². The normalized spacial score (nSPS) is 49.0. The average Bonchev–Trinajstić information content (AvgIpc) is 2.30. The van der Waals surface area contributed by atoms with Gasteiger partial charge in [-0.25, -0.2) is 0 Å². The fourth-order valence-electron chi connectivity index (χ4n) is 2.44. The summed E-state index contributed by atoms with van der Waals surface area (Å²) in [7, 11) is 0. The number of rotatable bonds is 0. The van der Waals surface area contributed by atoms with Crippen LogP contribution >= 0.6 is 0 Å². The molecule has 13 heavy (non-hydrogen) atoms. The summed E-state index contributed by atoms with van der Waals surface area (Å²) < 4.78 is 5.72. The van der Waals surface area contributed by atoms with Gasteiger partial charge in [-0.2, -0.15) is 5.26 Å². The Kier molecular flexibility index (Phi) is 1.56. The lowest BCUT2D eigenvalue weighted by Crippen LogP contribution is -2.44. The van der Waals surface area contributed by atoms with Gasteiger partial charge in [0, 0.05) is 12.8 Å². The van der Waals surface area contributed by atoms with E-state index in [1.807, 2.05) is 13.8 Å². The van der Waals surface area contributed by atoms with Gasteiger partial charge in [-0.3, -0.25) is 4.79 Å². The molecular weight excluding hydrogens is 166 g/mol. The highest BCUT2D eigenvalue weighted by Gasteiger charge is 2.57. The van der Waals surface area contributed by atoms with Crippen LogP contribution in [0.5, 0.6) is 0 Å². The highest BCUT2D eigenvalue weighted by atomic mass is 16.5. The molecule has 2 aliphatic rings. The molecule has 2 aliphatic heterocycles. The van der Waals surface area contributed by atoms with Gasteiger partial charge < -0.3 is 4.74 Å². The van der Waals surface area contributed by atoms with Crippen LogP contribution in [0, 0.1) is 17.2 Å². The summed E-state index contributed by atoms with van der Waals surface area (Å²) in [6.45, 7) is 3.75. The Morgan fingerprint density at radius 2 is 2.31 bits per heavy atom. The van der Waals surface area contributed by atoms with E-state index in [0.29, 0.717) is 19.3 Å². The lowest BCUT2D eigenvalue weighted by molar-refractivity contribution is -0.162. The second kappa shape index (κ2) is 2.33. The van der Waals surface area contributed by atoms with Gasteiger partial charge in [-0.15, -0.1) is 0 Å². The molecule has 0 spiro atoms. The van der Waals surface area contributed by atoms with Gasteiger partial charge in [0.25, 0.3) is 0 Å². The third kappa shape index (κ3) is 1.02. The molecule has 0 aromatic rings. The van der Waals surface area contributed by atoms with Gasteiger partial charge in [0.05, 0.1) is 17.6 Å². The minimum absolute atomic E-state index is 0.121. The molecule has 2 bridgehead atoms. The van der Waals surface area contributed by atoms with E-state index in [1.54, 1.807) is 0 Å². The first-order chi connectivity index (χ1) is 6.00. The summed E-state index contributed by atoms with van der Waals surface area (Å²) >= 11 is 0. The fraction of sp³-hybridized carbons (Fsp3) is 0.800. The van der Waals surface area contributed by atoms with Crippen molar-refractivity contribution in [2.45, 2.75) is 44.3 Å². The Morgan fingerprint density at radius 1 is 1.62 bits per heavy atom. The van der Waals surface area contributed by atoms with Crippen LogP contribution in [0.25, 0.3) is 0 Å². The van der Waals surface area contributed by atoms with Crippen molar-refractivity contribution in [2.75, 3.05) is 0 Å². The maximum atomic E-state index is 11.5. The fourth-order valence-corrected chi connectivity index (χ4v) is 2.44. The first kappa shape index (κ1) is 8.71. The van der Waals surface area contributed by atoms with Crippen molar-refractivity contribution in [1.82, 2.24) is 0 Å². The number of Topliss-reactive ketones (excluding diaryl/α,β-unsaturated/α-hetero) is 1. The lowest BCUT2D eigenvalue weighted by atomic mass is 9.87.